The summed E-state index contributed by atoms with van der Waals surface area (Å²) in [6, 6.07) is 0. The van der Waals surface area contributed by atoms with Crippen LogP contribution in [-0.4, -0.2) is 23.6 Å². The van der Waals surface area contributed by atoms with Crippen LogP contribution in [0.1, 0.15) is 32.4 Å². The molecule has 0 amide bonds. The molecule has 1 N–H and O–H groups in total. The van der Waals surface area contributed by atoms with E-state index in [9.17, 15) is 0 Å². The lowest BCUT2D eigenvalue weighted by Crippen LogP contribution is -2.11. The standard InChI is InChI=1S/C12H21N3O/c1-4-5-10(2)9-16-12-8-14-7-11(15-12)6-13-3/h7-8,10,13H,4-6,9H2,1-3H3. The molecule has 1 unspecified atom stereocenters. The maximum atomic E-state index is 5.61. The summed E-state index contributed by atoms with van der Waals surface area (Å²) < 4.78 is 5.61. The molecule has 0 radical (unpaired) electrons. The van der Waals surface area contributed by atoms with Crippen molar-refractivity contribution in [1.82, 2.24) is 15.3 Å². The largest absolute Gasteiger partial charge is 0.476 e. The molecular weight excluding hydrogens is 202 g/mol. The molecule has 1 aromatic heterocycles. The smallest absolute Gasteiger partial charge is 0.232 e. The highest BCUT2D eigenvalue weighted by Gasteiger charge is 2.03. The Balaban J connectivity index is 2.44. The molecule has 1 rings (SSSR count). The van der Waals surface area contributed by atoms with Gasteiger partial charge in [0, 0.05) is 12.7 Å². The van der Waals surface area contributed by atoms with Crippen molar-refractivity contribution in [1.29, 1.82) is 0 Å². The minimum absolute atomic E-state index is 0.569. The van der Waals surface area contributed by atoms with E-state index in [0.29, 0.717) is 24.9 Å². The highest BCUT2D eigenvalue weighted by Crippen LogP contribution is 2.10. The van der Waals surface area contributed by atoms with Gasteiger partial charge in [0.05, 0.1) is 18.5 Å². The zero-order chi connectivity index (χ0) is 11.8. The number of aromatic nitrogens is 2. The summed E-state index contributed by atoms with van der Waals surface area (Å²) in [6.45, 7) is 5.80. The number of nitrogens with one attached hydrogen (secondary N) is 1. The highest BCUT2D eigenvalue weighted by molar-refractivity contribution is 5.08. The molecule has 16 heavy (non-hydrogen) atoms. The van der Waals surface area contributed by atoms with Crippen LogP contribution in [0.15, 0.2) is 12.4 Å². The van der Waals surface area contributed by atoms with E-state index in [1.165, 1.54) is 12.8 Å². The van der Waals surface area contributed by atoms with Gasteiger partial charge in [0.2, 0.25) is 5.88 Å². The Kier molecular flexibility index (Phi) is 5.78. The number of hydrogen-bond acceptors (Lipinski definition) is 4. The van der Waals surface area contributed by atoms with Crippen LogP contribution >= 0.6 is 0 Å². The van der Waals surface area contributed by atoms with Crippen molar-refractivity contribution >= 4 is 0 Å². The van der Waals surface area contributed by atoms with Gasteiger partial charge >= 0.3 is 0 Å². The molecular formula is C12H21N3O. The summed E-state index contributed by atoms with van der Waals surface area (Å²) in [6.07, 6.45) is 5.79. The first-order valence-corrected chi connectivity index (χ1v) is 5.84. The van der Waals surface area contributed by atoms with Crippen LogP contribution in [0.5, 0.6) is 5.88 Å². The van der Waals surface area contributed by atoms with Gasteiger partial charge in [-0.2, -0.15) is 0 Å². The van der Waals surface area contributed by atoms with Gasteiger partial charge in [0.15, 0.2) is 0 Å². The van der Waals surface area contributed by atoms with Gasteiger partial charge in [-0.25, -0.2) is 4.98 Å². The van der Waals surface area contributed by atoms with E-state index in [4.69, 9.17) is 4.74 Å². The molecule has 90 valence electrons. The molecule has 0 aliphatic heterocycles. The van der Waals surface area contributed by atoms with Gasteiger partial charge < -0.3 is 10.1 Å². The van der Waals surface area contributed by atoms with E-state index in [2.05, 4.69) is 29.1 Å². The first-order valence-electron chi connectivity index (χ1n) is 5.84. The Labute approximate surface area is 97.5 Å². The van der Waals surface area contributed by atoms with Crippen molar-refractivity contribution < 1.29 is 4.74 Å². The molecule has 0 bridgehead atoms. The van der Waals surface area contributed by atoms with Crippen LogP contribution < -0.4 is 10.1 Å². The van der Waals surface area contributed by atoms with Crippen LogP contribution in [-0.2, 0) is 6.54 Å². The van der Waals surface area contributed by atoms with E-state index < -0.39 is 0 Å². The Bertz CT molecular complexity index is 304. The lowest BCUT2D eigenvalue weighted by Gasteiger charge is -2.11. The molecule has 0 fully saturated rings. The summed E-state index contributed by atoms with van der Waals surface area (Å²) >= 11 is 0. The van der Waals surface area contributed by atoms with Crippen molar-refractivity contribution in [2.24, 2.45) is 5.92 Å². The quantitative estimate of drug-likeness (QED) is 0.768. The first-order chi connectivity index (χ1) is 7.76. The fourth-order valence-corrected chi connectivity index (χ4v) is 1.53. The summed E-state index contributed by atoms with van der Waals surface area (Å²) in [5.74, 6) is 1.19. The third-order valence-electron chi connectivity index (χ3n) is 2.32. The summed E-state index contributed by atoms with van der Waals surface area (Å²) in [4.78, 5) is 8.45. The SMILES string of the molecule is CCCC(C)COc1cncc(CNC)n1. The highest BCUT2D eigenvalue weighted by atomic mass is 16.5. The fraction of sp³-hybridized carbons (Fsp3) is 0.667. The maximum Gasteiger partial charge on any atom is 0.232 e. The Hall–Kier alpha value is -1.16. The van der Waals surface area contributed by atoms with Gasteiger partial charge in [-0.1, -0.05) is 20.3 Å². The zero-order valence-corrected chi connectivity index (χ0v) is 10.4. The molecule has 0 aliphatic rings. The van der Waals surface area contributed by atoms with Crippen LogP contribution in [0.4, 0.5) is 0 Å². The average Bonchev–Trinajstić information content (AvgIpc) is 2.28. The molecule has 4 nitrogen and oxygen atoms in total. The Morgan fingerprint density at radius 2 is 2.25 bits per heavy atom. The summed E-state index contributed by atoms with van der Waals surface area (Å²) in [5.41, 5.74) is 0.906. The van der Waals surface area contributed by atoms with Crippen molar-refractivity contribution in [3.05, 3.63) is 18.1 Å². The van der Waals surface area contributed by atoms with Gasteiger partial charge in [0.25, 0.3) is 0 Å². The van der Waals surface area contributed by atoms with Gasteiger partial charge in [0.1, 0.15) is 0 Å². The second-order valence-electron chi connectivity index (χ2n) is 4.08. The summed E-state index contributed by atoms with van der Waals surface area (Å²) in [7, 11) is 1.89. The van der Waals surface area contributed by atoms with E-state index in [-0.39, 0.29) is 0 Å². The zero-order valence-electron chi connectivity index (χ0n) is 10.4. The van der Waals surface area contributed by atoms with Crippen LogP contribution in [0.25, 0.3) is 0 Å². The minimum atomic E-state index is 0.569. The van der Waals surface area contributed by atoms with E-state index >= 15 is 0 Å². The lowest BCUT2D eigenvalue weighted by molar-refractivity contribution is 0.241. The molecule has 1 heterocycles. The number of nitrogens with zero attached hydrogens (tertiary/aromatic N) is 2. The molecule has 0 aromatic carbocycles. The van der Waals surface area contributed by atoms with Crippen molar-refractivity contribution in [3.8, 4) is 5.88 Å². The molecule has 0 saturated heterocycles. The van der Waals surface area contributed by atoms with Crippen molar-refractivity contribution in [3.63, 3.8) is 0 Å². The lowest BCUT2D eigenvalue weighted by atomic mass is 10.1. The molecule has 1 atom stereocenters. The van der Waals surface area contributed by atoms with Crippen molar-refractivity contribution in [2.75, 3.05) is 13.7 Å². The molecule has 4 heteroatoms. The minimum Gasteiger partial charge on any atom is -0.476 e. The van der Waals surface area contributed by atoms with E-state index in [1.807, 2.05) is 7.05 Å². The fourth-order valence-electron chi connectivity index (χ4n) is 1.53. The topological polar surface area (TPSA) is 47.0 Å². The second kappa shape index (κ2) is 7.17. The number of hydrogen-bond donors (Lipinski definition) is 1. The van der Waals surface area contributed by atoms with Crippen LogP contribution in [0.3, 0.4) is 0 Å². The van der Waals surface area contributed by atoms with Gasteiger partial charge in [-0.3, -0.25) is 4.98 Å². The predicted molar refractivity (Wildman–Crippen MR) is 64.4 cm³/mol. The Morgan fingerprint density at radius 1 is 1.44 bits per heavy atom. The normalized spacial score (nSPS) is 12.4. The van der Waals surface area contributed by atoms with E-state index in [1.54, 1.807) is 12.4 Å². The molecule has 0 aliphatic carbocycles. The van der Waals surface area contributed by atoms with Crippen LogP contribution in [0, 0.1) is 5.92 Å². The molecule has 0 spiro atoms. The Morgan fingerprint density at radius 3 is 2.94 bits per heavy atom. The summed E-state index contributed by atoms with van der Waals surface area (Å²) in [5, 5.41) is 3.04. The number of ether oxygens (including phenoxy) is 1. The van der Waals surface area contributed by atoms with Gasteiger partial charge in [-0.05, 0) is 19.4 Å². The van der Waals surface area contributed by atoms with E-state index in [0.717, 1.165) is 5.69 Å². The maximum absolute atomic E-state index is 5.61. The predicted octanol–water partition coefficient (Wildman–Crippen LogP) is 2.01. The second-order valence-corrected chi connectivity index (χ2v) is 4.08. The van der Waals surface area contributed by atoms with Crippen LogP contribution in [0.2, 0.25) is 0 Å². The first kappa shape index (κ1) is 12.9. The monoisotopic (exact) mass is 223 g/mol. The molecule has 1 aromatic rings. The number of rotatable bonds is 7. The average molecular weight is 223 g/mol. The third-order valence-corrected chi connectivity index (χ3v) is 2.32. The molecule has 0 saturated carbocycles. The van der Waals surface area contributed by atoms with Crippen molar-refractivity contribution in [2.45, 2.75) is 33.2 Å². The third kappa shape index (κ3) is 4.57. The van der Waals surface area contributed by atoms with Gasteiger partial charge in [-0.15, -0.1) is 0 Å².